The number of carbonyl (C=O) groups excluding carboxylic acids is 1. The van der Waals surface area contributed by atoms with Gasteiger partial charge in [0.25, 0.3) is 0 Å². The zero-order chi connectivity index (χ0) is 8.48. The van der Waals surface area contributed by atoms with Gasteiger partial charge in [0.15, 0.2) is 5.78 Å². The maximum absolute atomic E-state index is 11.5. The van der Waals surface area contributed by atoms with Crippen LogP contribution in [0.4, 0.5) is 0 Å². The second kappa shape index (κ2) is 2.94. The summed E-state index contributed by atoms with van der Waals surface area (Å²) in [5.74, 6) is 0.435. The van der Waals surface area contributed by atoms with Gasteiger partial charge in [-0.25, -0.2) is 0 Å². The summed E-state index contributed by atoms with van der Waals surface area (Å²) in [5, 5.41) is 0. The summed E-state index contributed by atoms with van der Waals surface area (Å²) in [4.78, 5) is 13.7. The van der Waals surface area contributed by atoms with Gasteiger partial charge in [-0.1, -0.05) is 13.8 Å². The highest BCUT2D eigenvalue weighted by Gasteiger charge is 2.42. The monoisotopic (exact) mass is 155 g/mol. The quantitative estimate of drug-likeness (QED) is 0.601. The summed E-state index contributed by atoms with van der Waals surface area (Å²) in [6, 6.07) is 0. The molecule has 0 aromatic heterocycles. The third-order valence-electron chi connectivity index (χ3n) is 3.09. The number of hydrogen-bond acceptors (Lipinski definition) is 2. The molecule has 0 atom stereocenters. The third-order valence-corrected chi connectivity index (χ3v) is 3.09. The lowest BCUT2D eigenvalue weighted by atomic mass is 9.89. The lowest BCUT2D eigenvalue weighted by Gasteiger charge is -2.32. The van der Waals surface area contributed by atoms with Gasteiger partial charge in [0.1, 0.15) is 0 Å². The summed E-state index contributed by atoms with van der Waals surface area (Å²) in [6.07, 6.45) is 2.66. The molecule has 1 fully saturated rings. The molecule has 2 nitrogen and oxygen atoms in total. The zero-order valence-electron chi connectivity index (χ0n) is 7.68. The van der Waals surface area contributed by atoms with Crippen LogP contribution in [-0.2, 0) is 4.79 Å². The van der Waals surface area contributed by atoms with Gasteiger partial charge in [-0.05, 0) is 19.9 Å². The van der Waals surface area contributed by atoms with Crippen molar-refractivity contribution in [3.8, 4) is 0 Å². The second-order valence-corrected chi connectivity index (χ2v) is 3.33. The van der Waals surface area contributed by atoms with Gasteiger partial charge in [0.05, 0.1) is 5.54 Å². The van der Waals surface area contributed by atoms with Crippen molar-refractivity contribution in [1.29, 1.82) is 0 Å². The Morgan fingerprint density at radius 2 is 2.00 bits per heavy atom. The first-order valence-corrected chi connectivity index (χ1v) is 4.42. The average molecular weight is 155 g/mol. The standard InChI is InChI=1S/C9H17NO/c1-4-9(5-2)8(11)6-7-10(9)3/h4-7H2,1-3H3. The molecule has 0 aromatic carbocycles. The van der Waals surface area contributed by atoms with Crippen molar-refractivity contribution in [2.75, 3.05) is 13.6 Å². The maximum atomic E-state index is 11.5. The minimum atomic E-state index is -0.111. The maximum Gasteiger partial charge on any atom is 0.154 e. The summed E-state index contributed by atoms with van der Waals surface area (Å²) in [7, 11) is 2.05. The van der Waals surface area contributed by atoms with E-state index >= 15 is 0 Å². The fraction of sp³-hybridized carbons (Fsp3) is 0.889. The molecule has 0 amide bonds. The largest absolute Gasteiger partial charge is 0.298 e. The van der Waals surface area contributed by atoms with Crippen molar-refractivity contribution >= 4 is 5.78 Å². The lowest BCUT2D eigenvalue weighted by molar-refractivity contribution is -0.125. The molecule has 0 saturated carbocycles. The Morgan fingerprint density at radius 3 is 2.18 bits per heavy atom. The molecule has 1 heterocycles. The van der Waals surface area contributed by atoms with Gasteiger partial charge in [0, 0.05) is 13.0 Å². The Labute approximate surface area is 68.6 Å². The highest BCUT2D eigenvalue weighted by molar-refractivity contribution is 5.90. The first-order valence-electron chi connectivity index (χ1n) is 4.42. The second-order valence-electron chi connectivity index (χ2n) is 3.33. The fourth-order valence-corrected chi connectivity index (χ4v) is 2.11. The van der Waals surface area contributed by atoms with E-state index in [-0.39, 0.29) is 5.54 Å². The van der Waals surface area contributed by atoms with E-state index in [9.17, 15) is 4.79 Å². The van der Waals surface area contributed by atoms with E-state index in [2.05, 4.69) is 25.8 Å². The molecule has 0 bridgehead atoms. The Hall–Kier alpha value is -0.370. The summed E-state index contributed by atoms with van der Waals surface area (Å²) >= 11 is 0. The Bertz CT molecular complexity index is 161. The molecule has 0 aromatic rings. The van der Waals surface area contributed by atoms with Crippen molar-refractivity contribution in [3.05, 3.63) is 0 Å². The van der Waals surface area contributed by atoms with E-state index < -0.39 is 0 Å². The van der Waals surface area contributed by atoms with Gasteiger partial charge in [0.2, 0.25) is 0 Å². The molecule has 0 aliphatic carbocycles. The van der Waals surface area contributed by atoms with Crippen LogP contribution in [0.15, 0.2) is 0 Å². The molecule has 1 aliphatic rings. The summed E-state index contributed by atoms with van der Waals surface area (Å²) in [6.45, 7) is 5.15. The van der Waals surface area contributed by atoms with E-state index in [4.69, 9.17) is 0 Å². The molecule has 11 heavy (non-hydrogen) atoms. The van der Waals surface area contributed by atoms with Crippen LogP contribution < -0.4 is 0 Å². The summed E-state index contributed by atoms with van der Waals surface area (Å²) in [5.41, 5.74) is -0.111. The molecule has 0 unspecified atom stereocenters. The van der Waals surface area contributed by atoms with Crippen LogP contribution in [0.5, 0.6) is 0 Å². The predicted molar refractivity (Wildman–Crippen MR) is 45.6 cm³/mol. The van der Waals surface area contributed by atoms with Gasteiger partial charge in [-0.2, -0.15) is 0 Å². The highest BCUT2D eigenvalue weighted by atomic mass is 16.1. The van der Waals surface area contributed by atoms with Crippen molar-refractivity contribution < 1.29 is 4.79 Å². The SMILES string of the molecule is CCC1(CC)C(=O)CCN1C. The Balaban J connectivity index is 2.85. The Morgan fingerprint density at radius 1 is 1.45 bits per heavy atom. The van der Waals surface area contributed by atoms with E-state index in [1.165, 1.54) is 0 Å². The first-order chi connectivity index (χ1) is 5.17. The molecular formula is C9H17NO. The topological polar surface area (TPSA) is 20.3 Å². The number of carbonyl (C=O) groups is 1. The van der Waals surface area contributed by atoms with Crippen LogP contribution in [0.3, 0.4) is 0 Å². The number of Topliss-reactive ketones (excluding diaryl/α,β-unsaturated/α-hetero) is 1. The minimum absolute atomic E-state index is 0.111. The number of hydrogen-bond donors (Lipinski definition) is 0. The van der Waals surface area contributed by atoms with E-state index in [0.717, 1.165) is 25.8 Å². The van der Waals surface area contributed by atoms with Gasteiger partial charge in [-0.15, -0.1) is 0 Å². The van der Waals surface area contributed by atoms with E-state index in [1.807, 2.05) is 0 Å². The van der Waals surface area contributed by atoms with Crippen molar-refractivity contribution in [1.82, 2.24) is 4.90 Å². The smallest absolute Gasteiger partial charge is 0.154 e. The molecule has 64 valence electrons. The van der Waals surface area contributed by atoms with Gasteiger partial charge < -0.3 is 0 Å². The number of likely N-dealkylation sites (tertiary alicyclic amines) is 1. The molecule has 2 heteroatoms. The number of ketones is 1. The summed E-state index contributed by atoms with van der Waals surface area (Å²) < 4.78 is 0. The van der Waals surface area contributed by atoms with E-state index in [1.54, 1.807) is 0 Å². The normalized spacial score (nSPS) is 24.5. The van der Waals surface area contributed by atoms with Crippen LogP contribution in [0.2, 0.25) is 0 Å². The van der Waals surface area contributed by atoms with Crippen LogP contribution in [0.1, 0.15) is 33.1 Å². The van der Waals surface area contributed by atoms with Gasteiger partial charge >= 0.3 is 0 Å². The minimum Gasteiger partial charge on any atom is -0.298 e. The number of likely N-dealkylation sites (N-methyl/N-ethyl adjacent to an activating group) is 1. The van der Waals surface area contributed by atoms with Crippen LogP contribution >= 0.6 is 0 Å². The molecule has 1 rings (SSSR count). The van der Waals surface area contributed by atoms with Crippen molar-refractivity contribution in [2.45, 2.75) is 38.6 Å². The highest BCUT2D eigenvalue weighted by Crippen LogP contribution is 2.30. The molecule has 0 spiro atoms. The van der Waals surface area contributed by atoms with Crippen LogP contribution in [0, 0.1) is 0 Å². The van der Waals surface area contributed by atoms with Crippen LogP contribution in [0.25, 0.3) is 0 Å². The van der Waals surface area contributed by atoms with Crippen LogP contribution in [-0.4, -0.2) is 29.8 Å². The number of nitrogens with zero attached hydrogens (tertiary/aromatic N) is 1. The zero-order valence-corrected chi connectivity index (χ0v) is 7.68. The molecule has 0 N–H and O–H groups in total. The number of rotatable bonds is 2. The Kier molecular flexibility index (Phi) is 2.33. The van der Waals surface area contributed by atoms with Crippen molar-refractivity contribution in [2.24, 2.45) is 0 Å². The molecule has 0 radical (unpaired) electrons. The molecule has 1 aliphatic heterocycles. The van der Waals surface area contributed by atoms with Gasteiger partial charge in [-0.3, -0.25) is 9.69 Å². The third kappa shape index (κ3) is 1.09. The average Bonchev–Trinajstić information content (AvgIpc) is 2.29. The predicted octanol–water partition coefficient (Wildman–Crippen LogP) is 1.45. The van der Waals surface area contributed by atoms with Crippen molar-refractivity contribution in [3.63, 3.8) is 0 Å². The molecular weight excluding hydrogens is 138 g/mol. The molecule has 1 saturated heterocycles. The lowest BCUT2D eigenvalue weighted by Crippen LogP contribution is -2.45. The first kappa shape index (κ1) is 8.72. The van der Waals surface area contributed by atoms with E-state index in [0.29, 0.717) is 5.78 Å². The fourth-order valence-electron chi connectivity index (χ4n) is 2.11.